The number of hydrogen-bond acceptors (Lipinski definition) is 3. The van der Waals surface area contributed by atoms with Crippen LogP contribution in [-0.4, -0.2) is 14.5 Å². The molecule has 0 unspecified atom stereocenters. The smallest absolute Gasteiger partial charge is 0.346 e. The largest absolute Gasteiger partial charge is 0.358 e. The van der Waals surface area contributed by atoms with E-state index in [0.29, 0.717) is 11.5 Å². The van der Waals surface area contributed by atoms with Crippen molar-refractivity contribution in [2.45, 2.75) is 40.2 Å². The van der Waals surface area contributed by atoms with Gasteiger partial charge in [0.05, 0.1) is 0 Å². The van der Waals surface area contributed by atoms with Crippen LogP contribution in [-0.2, 0) is 5.54 Å². The Morgan fingerprint density at radius 2 is 1.86 bits per heavy atom. The van der Waals surface area contributed by atoms with Gasteiger partial charge in [-0.25, -0.2) is 9.55 Å². The second-order valence-corrected chi connectivity index (χ2v) is 4.33. The van der Waals surface area contributed by atoms with Gasteiger partial charge in [-0.1, -0.05) is 0 Å². The standard InChI is InChI=1S/C9H15N3O2/c1-6-8(12(13)14)11(7(2)10-6)9(3,4)5/h1-5H3. The van der Waals surface area contributed by atoms with Crippen LogP contribution in [0.25, 0.3) is 0 Å². The van der Waals surface area contributed by atoms with Crippen molar-refractivity contribution < 1.29 is 4.92 Å². The monoisotopic (exact) mass is 197 g/mol. The Bertz CT molecular complexity index is 374. The molecule has 0 saturated carbocycles. The molecule has 0 bridgehead atoms. The molecule has 0 amide bonds. The van der Waals surface area contributed by atoms with Crippen LogP contribution in [0.1, 0.15) is 32.3 Å². The summed E-state index contributed by atoms with van der Waals surface area (Å²) in [5.41, 5.74) is 0.163. The van der Waals surface area contributed by atoms with Crippen LogP contribution < -0.4 is 0 Å². The van der Waals surface area contributed by atoms with Crippen molar-refractivity contribution in [1.82, 2.24) is 9.55 Å². The fourth-order valence-electron chi connectivity index (χ4n) is 1.67. The van der Waals surface area contributed by atoms with Crippen LogP contribution in [0.15, 0.2) is 0 Å². The first kappa shape index (κ1) is 10.7. The molecule has 0 atom stereocenters. The zero-order valence-electron chi connectivity index (χ0n) is 9.16. The first-order valence-electron chi connectivity index (χ1n) is 4.46. The third-order valence-corrected chi connectivity index (χ3v) is 2.03. The van der Waals surface area contributed by atoms with Crippen LogP contribution in [0.2, 0.25) is 0 Å². The quantitative estimate of drug-likeness (QED) is 0.512. The minimum absolute atomic E-state index is 0.0926. The van der Waals surface area contributed by atoms with E-state index in [1.165, 1.54) is 0 Å². The molecule has 0 spiro atoms. The van der Waals surface area contributed by atoms with E-state index in [2.05, 4.69) is 4.98 Å². The number of aryl methyl sites for hydroxylation is 2. The molecule has 78 valence electrons. The molecule has 5 nitrogen and oxygen atoms in total. The van der Waals surface area contributed by atoms with Gasteiger partial charge in [0.25, 0.3) is 0 Å². The molecule has 0 aliphatic heterocycles. The average molecular weight is 197 g/mol. The van der Waals surface area contributed by atoms with Gasteiger partial charge in [0, 0.05) is 6.92 Å². The molecule has 0 N–H and O–H groups in total. The lowest BCUT2D eigenvalue weighted by atomic mass is 10.1. The number of imidazole rings is 1. The zero-order chi connectivity index (χ0) is 11.1. The van der Waals surface area contributed by atoms with Gasteiger partial charge >= 0.3 is 5.82 Å². The second-order valence-electron chi connectivity index (χ2n) is 4.33. The molecule has 0 aromatic carbocycles. The number of aromatic nitrogens is 2. The average Bonchev–Trinajstić information content (AvgIpc) is 2.23. The SMILES string of the molecule is Cc1nc(C)n(C(C)(C)C)c1[N+](=O)[O-]. The maximum absolute atomic E-state index is 10.8. The third-order valence-electron chi connectivity index (χ3n) is 2.03. The lowest BCUT2D eigenvalue weighted by Gasteiger charge is -2.17. The highest BCUT2D eigenvalue weighted by molar-refractivity contribution is 5.30. The maximum atomic E-state index is 10.8. The minimum Gasteiger partial charge on any atom is -0.358 e. The van der Waals surface area contributed by atoms with Gasteiger partial charge in [0.2, 0.25) is 0 Å². The van der Waals surface area contributed by atoms with Gasteiger partial charge in [0.1, 0.15) is 11.2 Å². The fourth-order valence-corrected chi connectivity index (χ4v) is 1.67. The van der Waals surface area contributed by atoms with Crippen LogP contribution in [0.3, 0.4) is 0 Å². The Morgan fingerprint density at radius 1 is 1.36 bits per heavy atom. The van der Waals surface area contributed by atoms with Gasteiger partial charge in [-0.3, -0.25) is 0 Å². The highest BCUT2D eigenvalue weighted by atomic mass is 16.6. The minimum atomic E-state index is -0.374. The molecular weight excluding hydrogens is 182 g/mol. The second kappa shape index (κ2) is 3.08. The van der Waals surface area contributed by atoms with Crippen LogP contribution in [0, 0.1) is 24.0 Å². The van der Waals surface area contributed by atoms with Crippen LogP contribution in [0.5, 0.6) is 0 Å². The summed E-state index contributed by atoms with van der Waals surface area (Å²) in [6.45, 7) is 9.22. The van der Waals surface area contributed by atoms with E-state index in [1.807, 2.05) is 20.8 Å². The Kier molecular flexibility index (Phi) is 2.35. The number of nitro groups is 1. The lowest BCUT2D eigenvalue weighted by molar-refractivity contribution is -0.393. The molecule has 1 aromatic heterocycles. The predicted molar refractivity (Wildman–Crippen MR) is 53.4 cm³/mol. The van der Waals surface area contributed by atoms with E-state index in [1.54, 1.807) is 18.4 Å². The van der Waals surface area contributed by atoms with Gasteiger partial charge in [-0.15, -0.1) is 0 Å². The van der Waals surface area contributed by atoms with Crippen molar-refractivity contribution in [2.24, 2.45) is 0 Å². The van der Waals surface area contributed by atoms with E-state index < -0.39 is 0 Å². The van der Waals surface area contributed by atoms with Crippen LogP contribution >= 0.6 is 0 Å². The fraction of sp³-hybridized carbons (Fsp3) is 0.667. The van der Waals surface area contributed by atoms with Crippen molar-refractivity contribution in [3.8, 4) is 0 Å². The molecule has 1 rings (SSSR count). The van der Waals surface area contributed by atoms with Gasteiger partial charge in [-0.2, -0.15) is 0 Å². The topological polar surface area (TPSA) is 61.0 Å². The lowest BCUT2D eigenvalue weighted by Crippen LogP contribution is -2.24. The zero-order valence-corrected chi connectivity index (χ0v) is 9.16. The number of hydrogen-bond donors (Lipinski definition) is 0. The summed E-state index contributed by atoms with van der Waals surface area (Å²) in [6.07, 6.45) is 0. The molecule has 0 radical (unpaired) electrons. The first-order chi connectivity index (χ1) is 6.25. The molecular formula is C9H15N3O2. The van der Waals surface area contributed by atoms with Gasteiger partial charge < -0.3 is 10.1 Å². The van der Waals surface area contributed by atoms with Crippen LogP contribution in [0.4, 0.5) is 5.82 Å². The van der Waals surface area contributed by atoms with Crippen molar-refractivity contribution in [3.63, 3.8) is 0 Å². The summed E-state index contributed by atoms with van der Waals surface area (Å²) in [7, 11) is 0. The normalized spacial score (nSPS) is 11.8. The molecule has 5 heteroatoms. The van der Waals surface area contributed by atoms with Gasteiger partial charge in [0.15, 0.2) is 5.82 Å². The molecule has 0 saturated heterocycles. The summed E-state index contributed by atoms with van der Waals surface area (Å²) in [6, 6.07) is 0. The Hall–Kier alpha value is -1.39. The first-order valence-corrected chi connectivity index (χ1v) is 4.46. The van der Waals surface area contributed by atoms with E-state index in [9.17, 15) is 10.1 Å². The van der Waals surface area contributed by atoms with E-state index in [4.69, 9.17) is 0 Å². The maximum Gasteiger partial charge on any atom is 0.346 e. The Morgan fingerprint density at radius 3 is 2.14 bits per heavy atom. The summed E-state index contributed by atoms with van der Waals surface area (Å²) < 4.78 is 1.66. The van der Waals surface area contributed by atoms with E-state index in [0.717, 1.165) is 0 Å². The van der Waals surface area contributed by atoms with E-state index >= 15 is 0 Å². The summed E-state index contributed by atoms with van der Waals surface area (Å²) in [5.74, 6) is 0.775. The highest BCUT2D eigenvalue weighted by Gasteiger charge is 2.31. The third kappa shape index (κ3) is 1.62. The summed E-state index contributed by atoms with van der Waals surface area (Å²) in [4.78, 5) is 14.6. The van der Waals surface area contributed by atoms with Crippen molar-refractivity contribution in [1.29, 1.82) is 0 Å². The molecule has 1 aromatic rings. The summed E-state index contributed by atoms with van der Waals surface area (Å²) >= 11 is 0. The van der Waals surface area contributed by atoms with E-state index in [-0.39, 0.29) is 16.3 Å². The highest BCUT2D eigenvalue weighted by Crippen LogP contribution is 2.27. The Labute approximate surface area is 82.9 Å². The van der Waals surface area contributed by atoms with Crippen molar-refractivity contribution >= 4 is 5.82 Å². The predicted octanol–water partition coefficient (Wildman–Crippen LogP) is 2.16. The van der Waals surface area contributed by atoms with Crippen molar-refractivity contribution in [3.05, 3.63) is 21.6 Å². The molecule has 14 heavy (non-hydrogen) atoms. The number of nitrogens with zero attached hydrogens (tertiary/aromatic N) is 3. The molecule has 0 aliphatic carbocycles. The molecule has 1 heterocycles. The molecule has 0 fully saturated rings. The van der Waals surface area contributed by atoms with Gasteiger partial charge in [-0.05, 0) is 32.6 Å². The van der Waals surface area contributed by atoms with Crippen molar-refractivity contribution in [2.75, 3.05) is 0 Å². The summed E-state index contributed by atoms with van der Waals surface area (Å²) in [5, 5.41) is 10.8. The Balaban J connectivity index is 3.48. The number of rotatable bonds is 1. The molecule has 0 aliphatic rings.